The number of morpholine rings is 1. The molecule has 0 saturated carbocycles. The number of carbonyl (C=O) groups excluding carboxylic acids is 1. The third-order valence-electron chi connectivity index (χ3n) is 4.40. The molecule has 1 aromatic carbocycles. The molecular weight excluding hydrogens is 402 g/mol. The molecule has 3 rings (SSSR count). The second kappa shape index (κ2) is 8.05. The van der Waals surface area contributed by atoms with Crippen LogP contribution in [0.5, 0.6) is 5.75 Å². The Bertz CT molecular complexity index is 840. The quantitative estimate of drug-likeness (QED) is 0.820. The molecular formula is C19H20BrNO5. The van der Waals surface area contributed by atoms with Crippen LogP contribution < -0.4 is 5.43 Å². The van der Waals surface area contributed by atoms with Crippen LogP contribution in [0.3, 0.4) is 0 Å². The number of aromatic hydroxyl groups is 1. The second-order valence-corrected chi connectivity index (χ2v) is 7.15. The van der Waals surface area contributed by atoms with Gasteiger partial charge in [0, 0.05) is 30.0 Å². The molecule has 2 aromatic rings. The Morgan fingerprint density at radius 1 is 1.27 bits per heavy atom. The Kier molecular flexibility index (Phi) is 5.78. The number of carbonyl (C=O) groups is 1. The summed E-state index contributed by atoms with van der Waals surface area (Å²) in [5.41, 5.74) is 0.281. The summed E-state index contributed by atoms with van der Waals surface area (Å²) in [5, 5.41) is 10.3. The molecule has 1 atom stereocenters. The smallest absolute Gasteiger partial charge is 0.227 e. The molecule has 0 bridgehead atoms. The zero-order valence-corrected chi connectivity index (χ0v) is 16.0. The van der Waals surface area contributed by atoms with Crippen LogP contribution in [0.4, 0.5) is 0 Å². The van der Waals surface area contributed by atoms with Crippen LogP contribution in [-0.4, -0.2) is 42.2 Å². The number of hydrogen-bond acceptors (Lipinski definition) is 5. The van der Waals surface area contributed by atoms with E-state index in [0.29, 0.717) is 32.1 Å². The van der Waals surface area contributed by atoms with Gasteiger partial charge in [-0.3, -0.25) is 9.59 Å². The van der Waals surface area contributed by atoms with E-state index in [1.807, 2.05) is 24.3 Å². The van der Waals surface area contributed by atoms with Crippen LogP contribution in [0.15, 0.2) is 44.0 Å². The Hall–Kier alpha value is -2.12. The summed E-state index contributed by atoms with van der Waals surface area (Å²) in [7, 11) is 0. The maximum atomic E-state index is 12.8. The minimum Gasteiger partial charge on any atom is -0.502 e. The molecule has 1 amide bonds. The van der Waals surface area contributed by atoms with Crippen molar-refractivity contribution in [2.75, 3.05) is 26.3 Å². The number of ether oxygens (including phenoxy) is 1. The monoisotopic (exact) mass is 421 g/mol. The van der Waals surface area contributed by atoms with Gasteiger partial charge in [0.25, 0.3) is 0 Å². The van der Waals surface area contributed by atoms with Gasteiger partial charge in [0.15, 0.2) is 5.76 Å². The Morgan fingerprint density at radius 2 is 1.92 bits per heavy atom. The van der Waals surface area contributed by atoms with E-state index in [1.165, 1.54) is 6.07 Å². The predicted octanol–water partition coefficient (Wildman–Crippen LogP) is 2.80. The van der Waals surface area contributed by atoms with Gasteiger partial charge in [-0.05, 0) is 24.6 Å². The van der Waals surface area contributed by atoms with Crippen LogP contribution in [-0.2, 0) is 9.53 Å². The van der Waals surface area contributed by atoms with E-state index in [4.69, 9.17) is 9.15 Å². The van der Waals surface area contributed by atoms with Crippen molar-refractivity contribution >= 4 is 21.8 Å². The standard InChI is InChI=1S/C19H20BrNO5/c1-12-10-16(22)18(24)19(26-12)15(13-2-4-14(20)5-3-13)11-17(23)21-6-8-25-9-7-21/h2-5,10,15,24H,6-9,11H2,1H3. The molecule has 1 N–H and O–H groups in total. The van der Waals surface area contributed by atoms with Crippen LogP contribution in [0, 0.1) is 6.92 Å². The van der Waals surface area contributed by atoms with E-state index >= 15 is 0 Å². The van der Waals surface area contributed by atoms with Gasteiger partial charge < -0.3 is 19.2 Å². The van der Waals surface area contributed by atoms with Crippen molar-refractivity contribution in [3.8, 4) is 5.75 Å². The van der Waals surface area contributed by atoms with E-state index in [9.17, 15) is 14.7 Å². The van der Waals surface area contributed by atoms with Crippen LogP contribution in [0.2, 0.25) is 0 Å². The summed E-state index contributed by atoms with van der Waals surface area (Å²) in [6.07, 6.45) is 0.0988. The molecule has 1 aromatic heterocycles. The highest BCUT2D eigenvalue weighted by atomic mass is 79.9. The van der Waals surface area contributed by atoms with Crippen molar-refractivity contribution in [2.24, 2.45) is 0 Å². The summed E-state index contributed by atoms with van der Waals surface area (Å²) < 4.78 is 11.9. The Morgan fingerprint density at radius 3 is 2.58 bits per heavy atom. The number of benzene rings is 1. The third kappa shape index (κ3) is 4.16. The molecule has 2 heterocycles. The molecule has 1 unspecified atom stereocenters. The molecule has 1 fully saturated rings. The van der Waals surface area contributed by atoms with Crippen molar-refractivity contribution in [1.82, 2.24) is 4.90 Å². The zero-order chi connectivity index (χ0) is 18.7. The van der Waals surface area contributed by atoms with Gasteiger partial charge >= 0.3 is 0 Å². The van der Waals surface area contributed by atoms with Gasteiger partial charge in [0.1, 0.15) is 5.76 Å². The first-order valence-corrected chi connectivity index (χ1v) is 9.19. The molecule has 0 radical (unpaired) electrons. The second-order valence-electron chi connectivity index (χ2n) is 6.24. The number of aryl methyl sites for hydroxylation is 1. The lowest BCUT2D eigenvalue weighted by molar-refractivity contribution is -0.135. The first kappa shape index (κ1) is 18.7. The van der Waals surface area contributed by atoms with E-state index in [2.05, 4.69) is 15.9 Å². The van der Waals surface area contributed by atoms with Crippen molar-refractivity contribution in [1.29, 1.82) is 0 Å². The van der Waals surface area contributed by atoms with Gasteiger partial charge in [-0.15, -0.1) is 0 Å². The molecule has 1 aliphatic rings. The Balaban J connectivity index is 1.98. The molecule has 138 valence electrons. The maximum absolute atomic E-state index is 12.8. The van der Waals surface area contributed by atoms with Crippen molar-refractivity contribution < 1.29 is 19.1 Å². The van der Waals surface area contributed by atoms with Crippen molar-refractivity contribution in [3.63, 3.8) is 0 Å². The summed E-state index contributed by atoms with van der Waals surface area (Å²) in [6, 6.07) is 8.65. The minimum absolute atomic E-state index is 0.0650. The zero-order valence-electron chi connectivity index (χ0n) is 14.4. The number of rotatable bonds is 4. The van der Waals surface area contributed by atoms with Crippen LogP contribution in [0.25, 0.3) is 0 Å². The molecule has 26 heavy (non-hydrogen) atoms. The molecule has 1 aliphatic heterocycles. The highest BCUT2D eigenvalue weighted by molar-refractivity contribution is 9.10. The van der Waals surface area contributed by atoms with Gasteiger partial charge in [0.2, 0.25) is 17.1 Å². The molecule has 0 aliphatic carbocycles. The summed E-state index contributed by atoms with van der Waals surface area (Å²) in [5.74, 6) is -0.545. The lowest BCUT2D eigenvalue weighted by atomic mass is 9.91. The third-order valence-corrected chi connectivity index (χ3v) is 4.93. The lowest BCUT2D eigenvalue weighted by Gasteiger charge is -2.28. The van der Waals surface area contributed by atoms with Gasteiger partial charge in [-0.2, -0.15) is 0 Å². The normalized spacial score (nSPS) is 15.7. The average Bonchev–Trinajstić information content (AvgIpc) is 2.64. The molecule has 6 nitrogen and oxygen atoms in total. The van der Waals surface area contributed by atoms with E-state index in [1.54, 1.807) is 11.8 Å². The highest BCUT2D eigenvalue weighted by Crippen LogP contribution is 2.34. The highest BCUT2D eigenvalue weighted by Gasteiger charge is 2.28. The van der Waals surface area contributed by atoms with Gasteiger partial charge in [0.05, 0.1) is 19.1 Å². The lowest BCUT2D eigenvalue weighted by Crippen LogP contribution is -2.41. The van der Waals surface area contributed by atoms with Crippen molar-refractivity contribution in [3.05, 3.63) is 62.1 Å². The maximum Gasteiger partial charge on any atom is 0.227 e. The fraction of sp³-hybridized carbons (Fsp3) is 0.368. The largest absolute Gasteiger partial charge is 0.502 e. The average molecular weight is 422 g/mol. The van der Waals surface area contributed by atoms with E-state index in [0.717, 1.165) is 10.0 Å². The summed E-state index contributed by atoms with van der Waals surface area (Å²) >= 11 is 3.39. The first-order valence-electron chi connectivity index (χ1n) is 8.40. The molecule has 1 saturated heterocycles. The topological polar surface area (TPSA) is 80.0 Å². The first-order chi connectivity index (χ1) is 12.5. The number of nitrogens with zero attached hydrogens (tertiary/aromatic N) is 1. The van der Waals surface area contributed by atoms with E-state index in [-0.39, 0.29) is 18.1 Å². The number of hydrogen-bond donors (Lipinski definition) is 1. The summed E-state index contributed by atoms with van der Waals surface area (Å²) in [6.45, 7) is 3.75. The van der Waals surface area contributed by atoms with Crippen molar-refractivity contribution in [2.45, 2.75) is 19.3 Å². The molecule has 7 heteroatoms. The van der Waals surface area contributed by atoms with Gasteiger partial charge in [-0.25, -0.2) is 0 Å². The minimum atomic E-state index is -0.550. The Labute approximate surface area is 159 Å². The van der Waals surface area contributed by atoms with Crippen LogP contribution >= 0.6 is 15.9 Å². The van der Waals surface area contributed by atoms with Gasteiger partial charge in [-0.1, -0.05) is 28.1 Å². The summed E-state index contributed by atoms with van der Waals surface area (Å²) in [4.78, 5) is 26.5. The fourth-order valence-corrected chi connectivity index (χ4v) is 3.30. The SMILES string of the molecule is Cc1cc(=O)c(O)c(C(CC(=O)N2CCOCC2)c2ccc(Br)cc2)o1. The molecule has 0 spiro atoms. The van der Waals surface area contributed by atoms with E-state index < -0.39 is 17.1 Å². The predicted molar refractivity (Wildman–Crippen MR) is 99.4 cm³/mol. The fourth-order valence-electron chi connectivity index (χ4n) is 3.04. The number of amides is 1. The van der Waals surface area contributed by atoms with Crippen LogP contribution in [0.1, 0.15) is 29.4 Å². The number of halogens is 1.